The van der Waals surface area contributed by atoms with Crippen molar-refractivity contribution in [1.82, 2.24) is 15.1 Å². The van der Waals surface area contributed by atoms with Gasteiger partial charge in [0, 0.05) is 19.3 Å². The van der Waals surface area contributed by atoms with Gasteiger partial charge in [-0.05, 0) is 31.2 Å². The van der Waals surface area contributed by atoms with Crippen molar-refractivity contribution in [1.29, 1.82) is 0 Å². The van der Waals surface area contributed by atoms with E-state index in [1.165, 1.54) is 6.20 Å². The third-order valence-corrected chi connectivity index (χ3v) is 4.66. The van der Waals surface area contributed by atoms with Crippen molar-refractivity contribution in [2.45, 2.75) is 24.3 Å². The number of hydrogen-bond acceptors (Lipinski definition) is 4. The molecule has 0 amide bonds. The van der Waals surface area contributed by atoms with Crippen LogP contribution >= 0.6 is 0 Å². The molecule has 114 valence electrons. The van der Waals surface area contributed by atoms with Crippen LogP contribution in [0.25, 0.3) is 0 Å². The molecule has 7 heteroatoms. The summed E-state index contributed by atoms with van der Waals surface area (Å²) in [5.74, 6) is 0. The maximum Gasteiger partial charge on any atom is 0.262 e. The van der Waals surface area contributed by atoms with E-state index in [1.807, 2.05) is 13.1 Å². The lowest BCUT2D eigenvalue weighted by Crippen LogP contribution is -2.17. The molecule has 0 radical (unpaired) electrons. The average molecular weight is 308 g/mol. The predicted molar refractivity (Wildman–Crippen MR) is 82.6 cm³/mol. The number of nitrogens with zero attached hydrogens (tertiary/aromatic N) is 2. The summed E-state index contributed by atoms with van der Waals surface area (Å²) in [6.45, 7) is 2.05. The Hall–Kier alpha value is -1.86. The van der Waals surface area contributed by atoms with Crippen LogP contribution in [0.1, 0.15) is 24.9 Å². The zero-order chi connectivity index (χ0) is 15.5. The van der Waals surface area contributed by atoms with Crippen LogP contribution in [0.2, 0.25) is 0 Å². The summed E-state index contributed by atoms with van der Waals surface area (Å²) >= 11 is 0. The number of sulfonamides is 1. The minimum Gasteiger partial charge on any atom is -0.313 e. The summed E-state index contributed by atoms with van der Waals surface area (Å²) < 4.78 is 28.9. The van der Waals surface area contributed by atoms with Crippen molar-refractivity contribution in [3.8, 4) is 0 Å². The first-order valence-electron chi connectivity index (χ1n) is 6.75. The molecule has 1 atom stereocenters. The molecule has 2 rings (SSSR count). The van der Waals surface area contributed by atoms with Gasteiger partial charge in [-0.25, -0.2) is 8.42 Å². The average Bonchev–Trinajstić information content (AvgIpc) is 2.85. The molecule has 0 saturated carbocycles. The Kier molecular flexibility index (Phi) is 4.64. The Morgan fingerprint density at radius 1 is 1.38 bits per heavy atom. The van der Waals surface area contributed by atoms with Crippen LogP contribution in [0.4, 0.5) is 5.69 Å². The second kappa shape index (κ2) is 6.28. The molecule has 0 bridgehead atoms. The van der Waals surface area contributed by atoms with Crippen molar-refractivity contribution in [3.05, 3.63) is 42.2 Å². The molecule has 0 aliphatic carbocycles. The highest BCUT2D eigenvalue weighted by Crippen LogP contribution is 2.21. The van der Waals surface area contributed by atoms with Crippen molar-refractivity contribution >= 4 is 15.7 Å². The lowest BCUT2D eigenvalue weighted by Gasteiger charge is -2.15. The molecular weight excluding hydrogens is 288 g/mol. The van der Waals surface area contributed by atoms with Gasteiger partial charge in [-0.15, -0.1) is 0 Å². The van der Waals surface area contributed by atoms with Crippen LogP contribution in [-0.2, 0) is 17.1 Å². The van der Waals surface area contributed by atoms with Crippen LogP contribution in [-0.4, -0.2) is 25.2 Å². The first-order chi connectivity index (χ1) is 9.96. The topological polar surface area (TPSA) is 76.0 Å². The number of benzene rings is 1. The van der Waals surface area contributed by atoms with Gasteiger partial charge in [0.05, 0.1) is 16.8 Å². The van der Waals surface area contributed by atoms with Gasteiger partial charge in [0.25, 0.3) is 10.0 Å². The maximum atomic E-state index is 12.4. The fourth-order valence-corrected chi connectivity index (χ4v) is 3.28. The first-order valence-corrected chi connectivity index (χ1v) is 8.23. The molecule has 0 spiro atoms. The Bertz CT molecular complexity index is 705. The zero-order valence-electron chi connectivity index (χ0n) is 12.4. The Morgan fingerprint density at radius 3 is 2.71 bits per heavy atom. The standard InChI is InChI=1S/C14H20N4O2S/c1-4-14(15-2)11-6-5-7-13(8-11)21(19,20)17-12-9-16-18(3)10-12/h5-10,14-15,17H,4H2,1-3H3/t14-/m0/s1. The SMILES string of the molecule is CC[C@H](NC)c1cccc(S(=O)(=O)Nc2cnn(C)c2)c1. The lowest BCUT2D eigenvalue weighted by atomic mass is 10.1. The van der Waals surface area contributed by atoms with Crippen molar-refractivity contribution in [2.75, 3.05) is 11.8 Å². The van der Waals surface area contributed by atoms with E-state index in [-0.39, 0.29) is 10.9 Å². The largest absolute Gasteiger partial charge is 0.313 e. The van der Waals surface area contributed by atoms with E-state index < -0.39 is 10.0 Å². The zero-order valence-corrected chi connectivity index (χ0v) is 13.2. The van der Waals surface area contributed by atoms with Crippen LogP contribution in [0, 0.1) is 0 Å². The van der Waals surface area contributed by atoms with Gasteiger partial charge in [0.1, 0.15) is 0 Å². The van der Waals surface area contributed by atoms with Gasteiger partial charge in [-0.1, -0.05) is 19.1 Å². The molecule has 2 aromatic rings. The van der Waals surface area contributed by atoms with Crippen LogP contribution in [0.15, 0.2) is 41.6 Å². The minimum absolute atomic E-state index is 0.138. The smallest absolute Gasteiger partial charge is 0.262 e. The fourth-order valence-electron chi connectivity index (χ4n) is 2.19. The third-order valence-electron chi connectivity index (χ3n) is 3.28. The molecule has 0 aliphatic rings. The Labute approximate surface area is 125 Å². The minimum atomic E-state index is -3.60. The fraction of sp³-hybridized carbons (Fsp3) is 0.357. The Balaban J connectivity index is 2.29. The summed E-state index contributed by atoms with van der Waals surface area (Å²) in [5.41, 5.74) is 1.40. The summed E-state index contributed by atoms with van der Waals surface area (Å²) in [6.07, 6.45) is 3.98. The summed E-state index contributed by atoms with van der Waals surface area (Å²) in [4.78, 5) is 0.248. The van der Waals surface area contributed by atoms with Crippen LogP contribution in [0.5, 0.6) is 0 Å². The third kappa shape index (κ3) is 3.62. The molecule has 0 fully saturated rings. The molecule has 6 nitrogen and oxygen atoms in total. The van der Waals surface area contributed by atoms with Gasteiger partial charge in [-0.2, -0.15) is 5.10 Å². The number of anilines is 1. The number of aromatic nitrogens is 2. The van der Waals surface area contributed by atoms with E-state index >= 15 is 0 Å². The van der Waals surface area contributed by atoms with E-state index in [0.717, 1.165) is 12.0 Å². The number of aryl methyl sites for hydroxylation is 1. The molecule has 0 aliphatic heterocycles. The Morgan fingerprint density at radius 2 is 2.14 bits per heavy atom. The first kappa shape index (κ1) is 15.5. The summed E-state index contributed by atoms with van der Waals surface area (Å²) in [7, 11) is -0.00594. The van der Waals surface area contributed by atoms with Gasteiger partial charge in [0.15, 0.2) is 0 Å². The second-order valence-corrected chi connectivity index (χ2v) is 6.51. The van der Waals surface area contributed by atoms with E-state index in [0.29, 0.717) is 5.69 Å². The van der Waals surface area contributed by atoms with Crippen LogP contribution < -0.4 is 10.0 Å². The highest BCUT2D eigenvalue weighted by atomic mass is 32.2. The molecule has 1 aromatic heterocycles. The lowest BCUT2D eigenvalue weighted by molar-refractivity contribution is 0.574. The van der Waals surface area contributed by atoms with Gasteiger partial charge in [0.2, 0.25) is 0 Å². The van der Waals surface area contributed by atoms with Crippen molar-refractivity contribution < 1.29 is 8.42 Å². The van der Waals surface area contributed by atoms with E-state index in [9.17, 15) is 8.42 Å². The molecule has 1 heterocycles. The maximum absolute atomic E-state index is 12.4. The van der Waals surface area contributed by atoms with Crippen LogP contribution in [0.3, 0.4) is 0 Å². The van der Waals surface area contributed by atoms with Gasteiger partial charge >= 0.3 is 0 Å². The molecular formula is C14H20N4O2S. The van der Waals surface area contributed by atoms with E-state index in [2.05, 4.69) is 22.1 Å². The van der Waals surface area contributed by atoms with Crippen molar-refractivity contribution in [2.24, 2.45) is 7.05 Å². The van der Waals surface area contributed by atoms with Gasteiger partial charge in [-0.3, -0.25) is 9.40 Å². The number of rotatable bonds is 6. The summed E-state index contributed by atoms with van der Waals surface area (Å²) in [6, 6.07) is 7.10. The molecule has 2 N–H and O–H groups in total. The van der Waals surface area contributed by atoms with E-state index in [1.54, 1.807) is 36.1 Å². The molecule has 1 aromatic carbocycles. The number of hydrogen-bond donors (Lipinski definition) is 2. The second-order valence-electron chi connectivity index (χ2n) is 4.83. The van der Waals surface area contributed by atoms with Crippen molar-refractivity contribution in [3.63, 3.8) is 0 Å². The quantitative estimate of drug-likeness (QED) is 0.854. The normalized spacial score (nSPS) is 13.1. The predicted octanol–water partition coefficient (Wildman–Crippen LogP) is 1.89. The summed E-state index contributed by atoms with van der Waals surface area (Å²) in [5, 5.41) is 7.12. The highest BCUT2D eigenvalue weighted by molar-refractivity contribution is 7.92. The van der Waals surface area contributed by atoms with Gasteiger partial charge < -0.3 is 5.32 Å². The van der Waals surface area contributed by atoms with E-state index in [4.69, 9.17) is 0 Å². The molecule has 0 unspecified atom stereocenters. The highest BCUT2D eigenvalue weighted by Gasteiger charge is 2.17. The monoisotopic (exact) mass is 308 g/mol. The molecule has 21 heavy (non-hydrogen) atoms. The number of nitrogens with one attached hydrogen (secondary N) is 2. The molecule has 0 saturated heterocycles.